The SMILES string of the molecule is N#CCC12CC(CN1)C2. The van der Waals surface area contributed by atoms with Crippen molar-refractivity contribution in [3.05, 3.63) is 0 Å². The largest absolute Gasteiger partial charge is 0.310 e. The fraction of sp³-hybridized carbons (Fsp3) is 0.857. The van der Waals surface area contributed by atoms with E-state index in [0.29, 0.717) is 6.42 Å². The summed E-state index contributed by atoms with van der Waals surface area (Å²) in [4.78, 5) is 0. The van der Waals surface area contributed by atoms with Crippen LogP contribution in [0.25, 0.3) is 0 Å². The van der Waals surface area contributed by atoms with Crippen LogP contribution in [-0.4, -0.2) is 12.1 Å². The van der Waals surface area contributed by atoms with Crippen LogP contribution in [0.15, 0.2) is 0 Å². The highest BCUT2D eigenvalue weighted by Gasteiger charge is 2.49. The van der Waals surface area contributed by atoms with Gasteiger partial charge in [0.15, 0.2) is 0 Å². The molecule has 9 heavy (non-hydrogen) atoms. The lowest BCUT2D eigenvalue weighted by molar-refractivity contribution is 0.231. The monoisotopic (exact) mass is 122 g/mol. The van der Waals surface area contributed by atoms with Gasteiger partial charge in [-0.1, -0.05) is 0 Å². The third-order valence-corrected chi connectivity index (χ3v) is 2.54. The number of fused-ring (bicyclic) bond motifs is 1. The minimum Gasteiger partial charge on any atom is -0.310 e. The van der Waals surface area contributed by atoms with Gasteiger partial charge in [-0.15, -0.1) is 0 Å². The van der Waals surface area contributed by atoms with Crippen LogP contribution in [0.1, 0.15) is 19.3 Å². The molecule has 2 bridgehead atoms. The van der Waals surface area contributed by atoms with Crippen LogP contribution in [0.2, 0.25) is 0 Å². The van der Waals surface area contributed by atoms with Crippen LogP contribution < -0.4 is 5.32 Å². The van der Waals surface area contributed by atoms with Gasteiger partial charge in [0, 0.05) is 5.54 Å². The number of nitrogens with zero attached hydrogens (tertiary/aromatic N) is 1. The van der Waals surface area contributed by atoms with E-state index in [2.05, 4.69) is 11.4 Å². The first-order chi connectivity index (χ1) is 4.35. The number of hydrogen-bond acceptors (Lipinski definition) is 2. The van der Waals surface area contributed by atoms with Crippen molar-refractivity contribution in [3.63, 3.8) is 0 Å². The van der Waals surface area contributed by atoms with E-state index in [1.807, 2.05) is 0 Å². The maximum Gasteiger partial charge on any atom is 0.0641 e. The second kappa shape index (κ2) is 1.48. The summed E-state index contributed by atoms with van der Waals surface area (Å²) in [6.45, 7) is 1.15. The van der Waals surface area contributed by atoms with E-state index in [1.54, 1.807) is 0 Å². The van der Waals surface area contributed by atoms with E-state index < -0.39 is 0 Å². The van der Waals surface area contributed by atoms with Gasteiger partial charge in [-0.05, 0) is 25.3 Å². The number of nitrogens with one attached hydrogen (secondary N) is 1. The standard InChI is InChI=1S/C7H10N2/c8-2-1-7-3-6(4-7)5-9-7/h6,9H,1,3-5H2. The minimum atomic E-state index is 0.277. The first-order valence-corrected chi connectivity index (χ1v) is 3.47. The molecule has 1 saturated carbocycles. The normalized spacial score (nSPS) is 45.9. The van der Waals surface area contributed by atoms with Crippen molar-refractivity contribution in [3.8, 4) is 6.07 Å². The third-order valence-electron chi connectivity index (χ3n) is 2.54. The molecule has 2 heteroatoms. The van der Waals surface area contributed by atoms with Crippen LogP contribution in [0.4, 0.5) is 0 Å². The van der Waals surface area contributed by atoms with Gasteiger partial charge in [0.25, 0.3) is 0 Å². The summed E-state index contributed by atoms with van der Waals surface area (Å²) in [5.41, 5.74) is 0.277. The van der Waals surface area contributed by atoms with E-state index in [1.165, 1.54) is 12.8 Å². The molecule has 0 aromatic heterocycles. The summed E-state index contributed by atoms with van der Waals surface area (Å²) < 4.78 is 0. The highest BCUT2D eigenvalue weighted by Crippen LogP contribution is 2.45. The van der Waals surface area contributed by atoms with Gasteiger partial charge in [0.05, 0.1) is 12.5 Å². The first-order valence-electron chi connectivity index (χ1n) is 3.47. The van der Waals surface area contributed by atoms with Crippen molar-refractivity contribution < 1.29 is 0 Å². The molecule has 0 spiro atoms. The predicted octanol–water partition coefficient (Wildman–Crippen LogP) is 0.652. The van der Waals surface area contributed by atoms with Crippen molar-refractivity contribution in [2.24, 2.45) is 5.92 Å². The van der Waals surface area contributed by atoms with Crippen molar-refractivity contribution >= 4 is 0 Å². The molecular formula is C7H10N2. The Hall–Kier alpha value is -0.550. The van der Waals surface area contributed by atoms with E-state index in [9.17, 15) is 0 Å². The molecule has 0 amide bonds. The van der Waals surface area contributed by atoms with Crippen molar-refractivity contribution in [1.29, 1.82) is 5.26 Å². The maximum atomic E-state index is 8.43. The Morgan fingerprint density at radius 2 is 2.44 bits per heavy atom. The summed E-state index contributed by atoms with van der Waals surface area (Å²) in [7, 11) is 0. The summed E-state index contributed by atoms with van der Waals surface area (Å²) in [5, 5.41) is 11.8. The van der Waals surface area contributed by atoms with Crippen LogP contribution in [0.5, 0.6) is 0 Å². The fourth-order valence-electron chi connectivity index (χ4n) is 2.05. The fourth-order valence-corrected chi connectivity index (χ4v) is 2.05. The van der Waals surface area contributed by atoms with Gasteiger partial charge in [0.2, 0.25) is 0 Å². The maximum absolute atomic E-state index is 8.43. The smallest absolute Gasteiger partial charge is 0.0641 e. The summed E-state index contributed by atoms with van der Waals surface area (Å²) in [6, 6.07) is 2.23. The topological polar surface area (TPSA) is 35.8 Å². The average Bonchev–Trinajstić information content (AvgIpc) is 2.22. The molecule has 0 radical (unpaired) electrons. The zero-order valence-electron chi connectivity index (χ0n) is 5.35. The highest BCUT2D eigenvalue weighted by molar-refractivity contribution is 5.11. The molecule has 2 saturated heterocycles. The van der Waals surface area contributed by atoms with Gasteiger partial charge in [-0.3, -0.25) is 0 Å². The molecule has 2 aliphatic heterocycles. The van der Waals surface area contributed by atoms with E-state index >= 15 is 0 Å². The lowest BCUT2D eigenvalue weighted by Gasteiger charge is -2.35. The Labute approximate surface area is 54.9 Å². The molecule has 0 aromatic rings. The Morgan fingerprint density at radius 3 is 2.89 bits per heavy atom. The number of nitriles is 1. The molecule has 1 aliphatic carbocycles. The molecule has 48 valence electrons. The number of hydrogen-bond donors (Lipinski definition) is 1. The van der Waals surface area contributed by atoms with Crippen molar-refractivity contribution in [2.75, 3.05) is 6.54 Å². The second-order valence-corrected chi connectivity index (χ2v) is 3.27. The van der Waals surface area contributed by atoms with Crippen LogP contribution in [0, 0.1) is 17.2 Å². The molecular weight excluding hydrogens is 112 g/mol. The Morgan fingerprint density at radius 1 is 1.67 bits per heavy atom. The van der Waals surface area contributed by atoms with Gasteiger partial charge < -0.3 is 5.32 Å². The van der Waals surface area contributed by atoms with Crippen LogP contribution >= 0.6 is 0 Å². The zero-order chi connectivity index (χ0) is 6.32. The van der Waals surface area contributed by atoms with E-state index in [-0.39, 0.29) is 5.54 Å². The summed E-state index contributed by atoms with van der Waals surface area (Å²) in [6.07, 6.45) is 3.21. The van der Waals surface area contributed by atoms with Gasteiger partial charge in [0.1, 0.15) is 0 Å². The molecule has 0 aromatic carbocycles. The lowest BCUT2D eigenvalue weighted by atomic mass is 9.72. The van der Waals surface area contributed by atoms with Gasteiger partial charge >= 0.3 is 0 Å². The first kappa shape index (κ1) is 5.25. The van der Waals surface area contributed by atoms with Gasteiger partial charge in [-0.25, -0.2) is 0 Å². The quantitative estimate of drug-likeness (QED) is 0.554. The predicted molar refractivity (Wildman–Crippen MR) is 33.7 cm³/mol. The minimum absolute atomic E-state index is 0.277. The highest BCUT2D eigenvalue weighted by atomic mass is 15.1. The molecule has 2 heterocycles. The zero-order valence-corrected chi connectivity index (χ0v) is 5.35. The van der Waals surface area contributed by atoms with Crippen molar-refractivity contribution in [2.45, 2.75) is 24.8 Å². The lowest BCUT2D eigenvalue weighted by Crippen LogP contribution is -2.42. The second-order valence-electron chi connectivity index (χ2n) is 3.27. The molecule has 1 N–H and O–H groups in total. The third kappa shape index (κ3) is 0.585. The van der Waals surface area contributed by atoms with Gasteiger partial charge in [-0.2, -0.15) is 5.26 Å². The van der Waals surface area contributed by atoms with Crippen molar-refractivity contribution in [1.82, 2.24) is 5.32 Å². The van der Waals surface area contributed by atoms with Crippen LogP contribution in [-0.2, 0) is 0 Å². The molecule has 3 rings (SSSR count). The Balaban J connectivity index is 2.04. The average molecular weight is 122 g/mol. The Kier molecular flexibility index (Phi) is 0.866. The molecule has 0 atom stereocenters. The number of rotatable bonds is 1. The molecule has 3 aliphatic rings. The summed E-state index contributed by atoms with van der Waals surface area (Å²) in [5.74, 6) is 0.901. The molecule has 3 fully saturated rings. The van der Waals surface area contributed by atoms with E-state index in [0.717, 1.165) is 12.5 Å². The van der Waals surface area contributed by atoms with Crippen LogP contribution in [0.3, 0.4) is 0 Å². The molecule has 0 unspecified atom stereocenters. The van der Waals surface area contributed by atoms with E-state index in [4.69, 9.17) is 5.26 Å². The molecule has 2 nitrogen and oxygen atoms in total. The Bertz CT molecular complexity index is 157. The summed E-state index contributed by atoms with van der Waals surface area (Å²) >= 11 is 0.